The molecule has 0 bridgehead atoms. The Morgan fingerprint density at radius 1 is 1.13 bits per heavy atom. The third-order valence-corrected chi connectivity index (χ3v) is 5.29. The van der Waals surface area contributed by atoms with Crippen molar-refractivity contribution in [3.05, 3.63) is 50.6 Å². The predicted octanol–water partition coefficient (Wildman–Crippen LogP) is 4.40. The van der Waals surface area contributed by atoms with E-state index in [0.29, 0.717) is 15.7 Å². The molecule has 1 aliphatic rings. The molecule has 0 aliphatic carbocycles. The quantitative estimate of drug-likeness (QED) is 0.869. The van der Waals surface area contributed by atoms with E-state index in [-0.39, 0.29) is 6.03 Å². The molecule has 4 nitrogen and oxygen atoms in total. The molecule has 3 rings (SSSR count). The van der Waals surface area contributed by atoms with E-state index < -0.39 is 0 Å². The van der Waals surface area contributed by atoms with E-state index in [4.69, 9.17) is 23.2 Å². The normalized spacial score (nSPS) is 15.7. The number of nitrogens with one attached hydrogen (secondary N) is 1. The van der Waals surface area contributed by atoms with E-state index in [2.05, 4.69) is 27.0 Å². The second-order valence-corrected chi connectivity index (χ2v) is 7.05. The number of carbonyl (C=O) groups is 1. The fourth-order valence-electron chi connectivity index (χ4n) is 2.53. The molecule has 2 aromatic rings. The lowest BCUT2D eigenvalue weighted by Crippen LogP contribution is -2.49. The number of hydrogen-bond acceptors (Lipinski definition) is 3. The molecular formula is C16H17Cl2N3OS. The number of carbonyl (C=O) groups excluding carboxylic acids is 1. The lowest BCUT2D eigenvalue weighted by molar-refractivity contribution is 0.143. The molecule has 0 saturated carbocycles. The predicted molar refractivity (Wildman–Crippen MR) is 96.6 cm³/mol. The van der Waals surface area contributed by atoms with Crippen molar-refractivity contribution in [2.45, 2.75) is 6.54 Å². The average Bonchev–Trinajstić information content (AvgIpc) is 3.04. The average molecular weight is 370 g/mol. The van der Waals surface area contributed by atoms with Crippen LogP contribution in [0.4, 0.5) is 10.5 Å². The van der Waals surface area contributed by atoms with Crippen molar-refractivity contribution >= 4 is 46.3 Å². The van der Waals surface area contributed by atoms with Crippen LogP contribution in [0.5, 0.6) is 0 Å². The Hall–Kier alpha value is -1.27. The number of hydrogen-bond donors (Lipinski definition) is 1. The van der Waals surface area contributed by atoms with Gasteiger partial charge in [-0.15, -0.1) is 0 Å². The summed E-state index contributed by atoms with van der Waals surface area (Å²) in [6, 6.07) is 7.14. The third-order valence-electron chi connectivity index (χ3n) is 3.82. The Labute approximate surface area is 149 Å². The van der Waals surface area contributed by atoms with E-state index in [1.807, 2.05) is 4.90 Å². The molecule has 0 unspecified atom stereocenters. The molecule has 2 heterocycles. The fraction of sp³-hybridized carbons (Fsp3) is 0.312. The Kier molecular flexibility index (Phi) is 5.43. The zero-order valence-corrected chi connectivity index (χ0v) is 14.8. The van der Waals surface area contributed by atoms with Gasteiger partial charge in [0.2, 0.25) is 0 Å². The van der Waals surface area contributed by atoms with Crippen LogP contribution in [0.1, 0.15) is 5.56 Å². The van der Waals surface area contributed by atoms with Crippen LogP contribution in [0, 0.1) is 0 Å². The van der Waals surface area contributed by atoms with Crippen molar-refractivity contribution in [1.29, 1.82) is 0 Å². The lowest BCUT2D eigenvalue weighted by atomic mass is 10.2. The Morgan fingerprint density at radius 3 is 2.57 bits per heavy atom. The van der Waals surface area contributed by atoms with Crippen molar-refractivity contribution < 1.29 is 4.79 Å². The highest BCUT2D eigenvalue weighted by atomic mass is 35.5. The number of anilines is 1. The molecule has 7 heteroatoms. The Morgan fingerprint density at radius 2 is 1.91 bits per heavy atom. The summed E-state index contributed by atoms with van der Waals surface area (Å²) in [5.41, 5.74) is 1.99. The molecule has 0 atom stereocenters. The SMILES string of the molecule is O=C(Nc1ccc(Cl)c(Cl)c1)N1CCN(Cc2ccsc2)CC1. The van der Waals surface area contributed by atoms with Crippen molar-refractivity contribution in [1.82, 2.24) is 9.80 Å². The summed E-state index contributed by atoms with van der Waals surface area (Å²) in [6.07, 6.45) is 0. The largest absolute Gasteiger partial charge is 0.322 e. The number of benzene rings is 1. The maximum atomic E-state index is 12.3. The van der Waals surface area contributed by atoms with Gasteiger partial charge in [0.25, 0.3) is 0 Å². The molecule has 1 fully saturated rings. The minimum Gasteiger partial charge on any atom is -0.322 e. The number of urea groups is 1. The van der Waals surface area contributed by atoms with Crippen LogP contribution in [-0.2, 0) is 6.54 Å². The smallest absolute Gasteiger partial charge is 0.321 e. The maximum absolute atomic E-state index is 12.3. The summed E-state index contributed by atoms with van der Waals surface area (Å²) < 4.78 is 0. The van der Waals surface area contributed by atoms with Gasteiger partial charge in [0.1, 0.15) is 0 Å². The van der Waals surface area contributed by atoms with Gasteiger partial charge in [0, 0.05) is 38.4 Å². The van der Waals surface area contributed by atoms with Gasteiger partial charge in [0.05, 0.1) is 10.0 Å². The van der Waals surface area contributed by atoms with Crippen LogP contribution >= 0.6 is 34.5 Å². The number of nitrogens with zero attached hydrogens (tertiary/aromatic N) is 2. The highest BCUT2D eigenvalue weighted by Gasteiger charge is 2.21. The van der Waals surface area contributed by atoms with Crippen molar-refractivity contribution in [2.75, 3.05) is 31.5 Å². The lowest BCUT2D eigenvalue weighted by Gasteiger charge is -2.34. The minimum atomic E-state index is -0.0985. The van der Waals surface area contributed by atoms with Gasteiger partial charge in [-0.05, 0) is 40.6 Å². The number of piperazine rings is 1. The number of rotatable bonds is 3. The van der Waals surface area contributed by atoms with Gasteiger partial charge in [-0.2, -0.15) is 11.3 Å². The number of halogens is 2. The summed E-state index contributed by atoms with van der Waals surface area (Å²) >= 11 is 13.6. The first-order valence-corrected chi connectivity index (χ1v) is 9.06. The molecule has 1 aromatic heterocycles. The molecule has 1 aliphatic heterocycles. The molecule has 2 amide bonds. The molecular weight excluding hydrogens is 353 g/mol. The highest BCUT2D eigenvalue weighted by Crippen LogP contribution is 2.25. The van der Waals surface area contributed by atoms with Crippen molar-refractivity contribution in [3.8, 4) is 0 Å². The number of thiophene rings is 1. The minimum absolute atomic E-state index is 0.0985. The molecule has 0 spiro atoms. The van der Waals surface area contributed by atoms with Crippen LogP contribution in [0.15, 0.2) is 35.0 Å². The monoisotopic (exact) mass is 369 g/mol. The Bertz CT molecular complexity index is 670. The first-order valence-electron chi connectivity index (χ1n) is 7.36. The zero-order valence-electron chi connectivity index (χ0n) is 12.5. The Balaban J connectivity index is 1.50. The van der Waals surface area contributed by atoms with Crippen LogP contribution in [0.2, 0.25) is 10.0 Å². The van der Waals surface area contributed by atoms with Gasteiger partial charge < -0.3 is 10.2 Å². The van der Waals surface area contributed by atoms with E-state index >= 15 is 0 Å². The van der Waals surface area contributed by atoms with E-state index in [1.165, 1.54) is 5.56 Å². The highest BCUT2D eigenvalue weighted by molar-refractivity contribution is 7.07. The standard InChI is InChI=1S/C16H17Cl2N3OS/c17-14-2-1-13(9-15(14)18)19-16(22)21-6-4-20(5-7-21)10-12-3-8-23-11-12/h1-3,8-9,11H,4-7,10H2,(H,19,22). The van der Waals surface area contributed by atoms with Gasteiger partial charge in [-0.3, -0.25) is 4.90 Å². The molecule has 0 radical (unpaired) electrons. The van der Waals surface area contributed by atoms with Gasteiger partial charge in [-0.1, -0.05) is 23.2 Å². The fourth-order valence-corrected chi connectivity index (χ4v) is 3.48. The van der Waals surface area contributed by atoms with Crippen molar-refractivity contribution in [3.63, 3.8) is 0 Å². The summed E-state index contributed by atoms with van der Waals surface area (Å²) in [7, 11) is 0. The molecule has 23 heavy (non-hydrogen) atoms. The van der Waals surface area contributed by atoms with Crippen LogP contribution in [0.25, 0.3) is 0 Å². The summed E-state index contributed by atoms with van der Waals surface area (Å²) in [5.74, 6) is 0. The first kappa shape index (κ1) is 16.6. The summed E-state index contributed by atoms with van der Waals surface area (Å²) in [6.45, 7) is 4.15. The zero-order chi connectivity index (χ0) is 16.2. The van der Waals surface area contributed by atoms with Gasteiger partial charge >= 0.3 is 6.03 Å². The van der Waals surface area contributed by atoms with E-state index in [0.717, 1.165) is 32.7 Å². The number of amides is 2. The van der Waals surface area contributed by atoms with Crippen molar-refractivity contribution in [2.24, 2.45) is 0 Å². The molecule has 1 aromatic carbocycles. The van der Waals surface area contributed by atoms with Gasteiger partial charge in [-0.25, -0.2) is 4.79 Å². The van der Waals surface area contributed by atoms with Crippen LogP contribution < -0.4 is 5.32 Å². The third kappa shape index (κ3) is 4.38. The second-order valence-electron chi connectivity index (χ2n) is 5.45. The molecule has 122 valence electrons. The summed E-state index contributed by atoms with van der Waals surface area (Å²) in [4.78, 5) is 16.5. The van der Waals surface area contributed by atoms with Gasteiger partial charge in [0.15, 0.2) is 0 Å². The summed E-state index contributed by atoms with van der Waals surface area (Å²) in [5, 5.41) is 8.04. The second kappa shape index (κ2) is 7.53. The molecule has 1 N–H and O–H groups in total. The molecule has 1 saturated heterocycles. The van der Waals surface area contributed by atoms with E-state index in [1.54, 1.807) is 29.5 Å². The first-order chi connectivity index (χ1) is 11.1. The van der Waals surface area contributed by atoms with E-state index in [9.17, 15) is 4.79 Å². The topological polar surface area (TPSA) is 35.6 Å². The van der Waals surface area contributed by atoms with Crippen LogP contribution in [-0.4, -0.2) is 42.0 Å². The van der Waals surface area contributed by atoms with Crippen LogP contribution in [0.3, 0.4) is 0 Å². The maximum Gasteiger partial charge on any atom is 0.321 e.